The van der Waals surface area contributed by atoms with Crippen LogP contribution in [-0.4, -0.2) is 12.9 Å². The minimum atomic E-state index is -0.419. The quantitative estimate of drug-likeness (QED) is 0.446. The molecule has 102 valence electrons. The Hall–Kier alpha value is -1.61. The van der Waals surface area contributed by atoms with Crippen LogP contribution in [0.15, 0.2) is 18.7 Å². The zero-order valence-electron chi connectivity index (χ0n) is 11.6. The average Bonchev–Trinajstić information content (AvgIpc) is 2.83. The van der Waals surface area contributed by atoms with Crippen LogP contribution < -0.4 is 0 Å². The highest BCUT2D eigenvalue weighted by Crippen LogP contribution is 2.34. The fraction of sp³-hybridized carbons (Fsp3) is 0.438. The molecule has 19 heavy (non-hydrogen) atoms. The molecular formula is C16H20O3. The van der Waals surface area contributed by atoms with Crippen molar-refractivity contribution in [1.29, 1.82) is 0 Å². The van der Waals surface area contributed by atoms with E-state index in [9.17, 15) is 4.79 Å². The number of unbranched alkanes of at least 4 members (excludes halogenated alkanes) is 1. The molecule has 0 amide bonds. The van der Waals surface area contributed by atoms with Crippen molar-refractivity contribution < 1.29 is 14.3 Å². The molecule has 1 aliphatic rings. The van der Waals surface area contributed by atoms with Crippen LogP contribution in [-0.2, 0) is 20.9 Å². The van der Waals surface area contributed by atoms with E-state index in [1.807, 2.05) is 19.1 Å². The SMILES string of the molecule is C=C(OCCCC)c1ccc2c(c1C)COC2C=O. The molecule has 1 aromatic carbocycles. The van der Waals surface area contributed by atoms with Crippen molar-refractivity contribution in [2.24, 2.45) is 0 Å². The fourth-order valence-corrected chi connectivity index (χ4v) is 2.33. The summed E-state index contributed by atoms with van der Waals surface area (Å²) in [6.07, 6.45) is 2.55. The molecule has 2 rings (SSSR count). The summed E-state index contributed by atoms with van der Waals surface area (Å²) < 4.78 is 11.1. The lowest BCUT2D eigenvalue weighted by Gasteiger charge is -2.14. The summed E-state index contributed by atoms with van der Waals surface area (Å²) in [5, 5.41) is 0. The van der Waals surface area contributed by atoms with Gasteiger partial charge in [0, 0.05) is 5.56 Å². The average molecular weight is 260 g/mol. The normalized spacial score (nSPS) is 17.1. The van der Waals surface area contributed by atoms with Crippen LogP contribution in [0.3, 0.4) is 0 Å². The van der Waals surface area contributed by atoms with Crippen LogP contribution in [0.25, 0.3) is 5.76 Å². The van der Waals surface area contributed by atoms with E-state index in [0.717, 1.165) is 41.4 Å². The van der Waals surface area contributed by atoms with E-state index in [2.05, 4.69) is 13.5 Å². The third kappa shape index (κ3) is 2.71. The minimum Gasteiger partial charge on any atom is -0.494 e. The standard InChI is InChI=1S/C16H20O3/c1-4-5-8-18-12(3)13-6-7-14-15(11(13)2)10-19-16(14)9-17/h6-7,9,16H,3-5,8,10H2,1-2H3. The summed E-state index contributed by atoms with van der Waals surface area (Å²) in [4.78, 5) is 10.9. The Morgan fingerprint density at radius 3 is 3.05 bits per heavy atom. The predicted molar refractivity (Wildman–Crippen MR) is 74.7 cm³/mol. The Morgan fingerprint density at radius 2 is 2.37 bits per heavy atom. The molecular weight excluding hydrogens is 240 g/mol. The molecule has 0 spiro atoms. The maximum absolute atomic E-state index is 10.9. The van der Waals surface area contributed by atoms with Crippen molar-refractivity contribution in [3.05, 3.63) is 41.0 Å². The summed E-state index contributed by atoms with van der Waals surface area (Å²) in [5.74, 6) is 0.698. The van der Waals surface area contributed by atoms with Crippen LogP contribution in [0.5, 0.6) is 0 Å². The Balaban J connectivity index is 2.20. The zero-order chi connectivity index (χ0) is 13.8. The molecule has 0 fully saturated rings. The molecule has 0 radical (unpaired) electrons. The van der Waals surface area contributed by atoms with Gasteiger partial charge in [-0.05, 0) is 30.0 Å². The molecule has 0 saturated carbocycles. The smallest absolute Gasteiger partial charge is 0.153 e. The Kier molecular flexibility index (Phi) is 4.38. The van der Waals surface area contributed by atoms with Crippen molar-refractivity contribution in [2.75, 3.05) is 6.61 Å². The van der Waals surface area contributed by atoms with Gasteiger partial charge in [-0.1, -0.05) is 32.1 Å². The first-order chi connectivity index (χ1) is 9.19. The molecule has 1 aromatic rings. The molecule has 0 saturated heterocycles. The lowest BCUT2D eigenvalue weighted by atomic mass is 9.96. The van der Waals surface area contributed by atoms with Gasteiger partial charge in [-0.25, -0.2) is 0 Å². The predicted octanol–water partition coefficient (Wildman–Crippen LogP) is 3.55. The fourth-order valence-electron chi connectivity index (χ4n) is 2.33. The van der Waals surface area contributed by atoms with Crippen molar-refractivity contribution in [3.63, 3.8) is 0 Å². The van der Waals surface area contributed by atoms with Crippen LogP contribution >= 0.6 is 0 Å². The lowest BCUT2D eigenvalue weighted by Crippen LogP contribution is -2.00. The summed E-state index contributed by atoms with van der Waals surface area (Å²) in [7, 11) is 0. The maximum Gasteiger partial charge on any atom is 0.153 e. The van der Waals surface area contributed by atoms with Gasteiger partial charge in [-0.2, -0.15) is 0 Å². The summed E-state index contributed by atoms with van der Waals surface area (Å²) in [6, 6.07) is 3.91. The summed E-state index contributed by atoms with van der Waals surface area (Å²) in [6.45, 7) is 9.33. The zero-order valence-corrected chi connectivity index (χ0v) is 11.6. The monoisotopic (exact) mass is 260 g/mol. The second-order valence-electron chi connectivity index (χ2n) is 4.80. The number of ether oxygens (including phenoxy) is 2. The van der Waals surface area contributed by atoms with Crippen LogP contribution in [0, 0.1) is 6.92 Å². The molecule has 1 heterocycles. The van der Waals surface area contributed by atoms with E-state index in [1.54, 1.807) is 0 Å². The first-order valence-electron chi connectivity index (χ1n) is 6.70. The van der Waals surface area contributed by atoms with Gasteiger partial charge >= 0.3 is 0 Å². The Morgan fingerprint density at radius 1 is 1.58 bits per heavy atom. The molecule has 1 aliphatic heterocycles. The lowest BCUT2D eigenvalue weighted by molar-refractivity contribution is -0.117. The van der Waals surface area contributed by atoms with Gasteiger partial charge in [-0.15, -0.1) is 0 Å². The number of carbonyl (C=O) groups is 1. The number of hydrogen-bond donors (Lipinski definition) is 0. The number of rotatable bonds is 6. The molecule has 0 aliphatic carbocycles. The Bertz CT molecular complexity index is 491. The van der Waals surface area contributed by atoms with E-state index in [4.69, 9.17) is 9.47 Å². The van der Waals surface area contributed by atoms with Crippen molar-refractivity contribution >= 4 is 12.0 Å². The van der Waals surface area contributed by atoms with E-state index in [1.165, 1.54) is 0 Å². The first kappa shape index (κ1) is 13.8. The molecule has 3 heteroatoms. The highest BCUT2D eigenvalue weighted by Gasteiger charge is 2.25. The molecule has 0 N–H and O–H groups in total. The van der Waals surface area contributed by atoms with Gasteiger partial charge in [0.05, 0.1) is 13.2 Å². The Labute approximate surface area is 114 Å². The highest BCUT2D eigenvalue weighted by atomic mass is 16.5. The summed E-state index contributed by atoms with van der Waals surface area (Å²) in [5.41, 5.74) is 4.17. The van der Waals surface area contributed by atoms with Gasteiger partial charge in [0.2, 0.25) is 0 Å². The van der Waals surface area contributed by atoms with E-state index < -0.39 is 6.10 Å². The van der Waals surface area contributed by atoms with Crippen LogP contribution in [0.1, 0.15) is 48.1 Å². The minimum absolute atomic E-state index is 0.419. The van der Waals surface area contributed by atoms with E-state index in [0.29, 0.717) is 19.0 Å². The van der Waals surface area contributed by atoms with E-state index in [-0.39, 0.29) is 0 Å². The third-order valence-electron chi connectivity index (χ3n) is 3.55. The van der Waals surface area contributed by atoms with Crippen molar-refractivity contribution in [3.8, 4) is 0 Å². The second-order valence-corrected chi connectivity index (χ2v) is 4.80. The van der Waals surface area contributed by atoms with Crippen molar-refractivity contribution in [2.45, 2.75) is 39.4 Å². The highest BCUT2D eigenvalue weighted by molar-refractivity contribution is 5.68. The number of aldehydes is 1. The maximum atomic E-state index is 10.9. The topological polar surface area (TPSA) is 35.5 Å². The van der Waals surface area contributed by atoms with Gasteiger partial charge in [0.25, 0.3) is 0 Å². The van der Waals surface area contributed by atoms with Crippen molar-refractivity contribution in [1.82, 2.24) is 0 Å². The third-order valence-corrected chi connectivity index (χ3v) is 3.55. The number of hydrogen-bond acceptors (Lipinski definition) is 3. The van der Waals surface area contributed by atoms with Gasteiger partial charge in [0.1, 0.15) is 11.9 Å². The van der Waals surface area contributed by atoms with Gasteiger partial charge in [-0.3, -0.25) is 0 Å². The first-order valence-corrected chi connectivity index (χ1v) is 6.70. The molecule has 1 atom stereocenters. The molecule has 1 unspecified atom stereocenters. The second kappa shape index (κ2) is 6.02. The number of fused-ring (bicyclic) bond motifs is 1. The van der Waals surface area contributed by atoms with Gasteiger partial charge in [0.15, 0.2) is 6.29 Å². The molecule has 3 nitrogen and oxygen atoms in total. The van der Waals surface area contributed by atoms with Crippen LogP contribution in [0.2, 0.25) is 0 Å². The molecule has 0 bridgehead atoms. The van der Waals surface area contributed by atoms with Gasteiger partial charge < -0.3 is 14.3 Å². The summed E-state index contributed by atoms with van der Waals surface area (Å²) >= 11 is 0. The largest absolute Gasteiger partial charge is 0.494 e. The van der Waals surface area contributed by atoms with E-state index >= 15 is 0 Å². The number of carbonyl (C=O) groups excluding carboxylic acids is 1. The number of benzene rings is 1. The van der Waals surface area contributed by atoms with Crippen LogP contribution in [0.4, 0.5) is 0 Å². The molecule has 0 aromatic heterocycles.